The van der Waals surface area contributed by atoms with Crippen molar-refractivity contribution in [2.75, 3.05) is 0 Å². The van der Waals surface area contributed by atoms with Crippen LogP contribution in [0.1, 0.15) is 12.7 Å². The van der Waals surface area contributed by atoms with E-state index in [1.54, 1.807) is 18.4 Å². The second-order valence-electron chi connectivity index (χ2n) is 7.08. The summed E-state index contributed by atoms with van der Waals surface area (Å²) in [6, 6.07) is 20.8. The second kappa shape index (κ2) is 8.21. The van der Waals surface area contributed by atoms with Crippen molar-refractivity contribution in [1.29, 1.82) is 5.26 Å². The number of imidazole rings is 1. The minimum absolute atomic E-state index is 0.0706. The number of hydrogen-bond acceptors (Lipinski definition) is 7. The van der Waals surface area contributed by atoms with Gasteiger partial charge in [0.05, 0.1) is 28.1 Å². The maximum absolute atomic E-state index is 11.0. The molecular weight excluding hydrogens is 422 g/mol. The maximum atomic E-state index is 11.0. The van der Waals surface area contributed by atoms with Gasteiger partial charge in [-0.15, -0.1) is 0 Å². The highest BCUT2D eigenvalue weighted by molar-refractivity contribution is 8.00. The number of aliphatic hydroxyl groups is 1. The van der Waals surface area contributed by atoms with Gasteiger partial charge in [0, 0.05) is 5.39 Å². The predicted molar refractivity (Wildman–Crippen MR) is 124 cm³/mol. The summed E-state index contributed by atoms with van der Waals surface area (Å²) in [6.45, 7) is 1.82. The SMILES string of the molecule is CC(Sc1nc(-c2ccco2)nc2ccccc12)/C(O)=C(\C#N)c1nc2ccccc2[nH]1. The molecule has 0 fully saturated rings. The molecule has 8 heteroatoms. The quantitative estimate of drug-likeness (QED) is 0.155. The van der Waals surface area contributed by atoms with Gasteiger partial charge in [-0.05, 0) is 37.3 Å². The van der Waals surface area contributed by atoms with Gasteiger partial charge in [0.2, 0.25) is 0 Å². The Balaban J connectivity index is 1.55. The van der Waals surface area contributed by atoms with E-state index in [-0.39, 0.29) is 11.3 Å². The van der Waals surface area contributed by atoms with E-state index >= 15 is 0 Å². The molecular formula is C24H17N5O2S. The zero-order valence-corrected chi connectivity index (χ0v) is 17.8. The van der Waals surface area contributed by atoms with Crippen LogP contribution in [0.3, 0.4) is 0 Å². The lowest BCUT2D eigenvalue weighted by Gasteiger charge is -2.13. The number of aromatic nitrogens is 4. The van der Waals surface area contributed by atoms with Crippen LogP contribution in [0.15, 0.2) is 82.1 Å². The van der Waals surface area contributed by atoms with E-state index in [9.17, 15) is 10.4 Å². The topological polar surface area (TPSA) is 112 Å². The van der Waals surface area contributed by atoms with E-state index in [1.165, 1.54) is 11.8 Å². The molecule has 2 aromatic carbocycles. The number of thioether (sulfide) groups is 1. The van der Waals surface area contributed by atoms with E-state index in [0.29, 0.717) is 22.4 Å². The van der Waals surface area contributed by atoms with Crippen molar-refractivity contribution < 1.29 is 9.52 Å². The second-order valence-corrected chi connectivity index (χ2v) is 8.41. The van der Waals surface area contributed by atoms with Crippen LogP contribution in [0.4, 0.5) is 0 Å². The van der Waals surface area contributed by atoms with E-state index in [2.05, 4.69) is 26.0 Å². The van der Waals surface area contributed by atoms with Gasteiger partial charge in [0.25, 0.3) is 0 Å². The van der Waals surface area contributed by atoms with Gasteiger partial charge in [-0.3, -0.25) is 0 Å². The number of allylic oxidation sites excluding steroid dienone is 1. The first-order valence-corrected chi connectivity index (χ1v) is 10.8. The molecule has 0 saturated heterocycles. The van der Waals surface area contributed by atoms with E-state index in [1.807, 2.05) is 55.5 Å². The molecule has 0 radical (unpaired) electrons. The van der Waals surface area contributed by atoms with Crippen LogP contribution in [0.5, 0.6) is 0 Å². The molecule has 0 aliphatic carbocycles. The summed E-state index contributed by atoms with van der Waals surface area (Å²) in [5.41, 5.74) is 2.40. The lowest BCUT2D eigenvalue weighted by molar-refractivity contribution is 0.402. The minimum atomic E-state index is -0.458. The molecule has 1 atom stereocenters. The Kier molecular flexibility index (Phi) is 5.09. The largest absolute Gasteiger partial charge is 0.510 e. The number of aromatic amines is 1. The first kappa shape index (κ1) is 19.8. The Morgan fingerprint density at radius 2 is 1.81 bits per heavy atom. The van der Waals surface area contributed by atoms with Gasteiger partial charge in [-0.25, -0.2) is 15.0 Å². The van der Waals surface area contributed by atoms with Crippen molar-refractivity contribution in [3.05, 3.63) is 78.5 Å². The van der Waals surface area contributed by atoms with Crippen LogP contribution < -0.4 is 0 Å². The predicted octanol–water partition coefficient (Wildman–Crippen LogP) is 5.74. The van der Waals surface area contributed by atoms with Crippen LogP contribution in [-0.2, 0) is 0 Å². The van der Waals surface area contributed by atoms with Crippen LogP contribution >= 0.6 is 11.8 Å². The molecule has 0 amide bonds. The minimum Gasteiger partial charge on any atom is -0.510 e. The van der Waals surface area contributed by atoms with Gasteiger partial charge < -0.3 is 14.5 Å². The summed E-state index contributed by atoms with van der Waals surface area (Å²) in [6.07, 6.45) is 1.57. The summed E-state index contributed by atoms with van der Waals surface area (Å²) < 4.78 is 5.47. The van der Waals surface area contributed by atoms with Crippen LogP contribution in [-0.4, -0.2) is 30.3 Å². The molecule has 156 valence electrons. The zero-order chi connectivity index (χ0) is 22.1. The molecule has 5 rings (SSSR count). The molecule has 0 saturated carbocycles. The number of H-pyrrole nitrogens is 1. The summed E-state index contributed by atoms with van der Waals surface area (Å²) in [5, 5.41) is 21.8. The number of para-hydroxylation sites is 3. The Morgan fingerprint density at radius 1 is 1.03 bits per heavy atom. The van der Waals surface area contributed by atoms with Gasteiger partial charge in [-0.2, -0.15) is 5.26 Å². The zero-order valence-electron chi connectivity index (χ0n) is 17.0. The third-order valence-corrected chi connectivity index (χ3v) is 6.09. The van der Waals surface area contributed by atoms with Crippen molar-refractivity contribution in [2.45, 2.75) is 17.2 Å². The number of hydrogen-bond donors (Lipinski definition) is 2. The molecule has 5 aromatic rings. The number of benzene rings is 2. The highest BCUT2D eigenvalue weighted by Gasteiger charge is 2.21. The monoisotopic (exact) mass is 439 g/mol. The Labute approximate surface area is 187 Å². The number of furan rings is 1. The third kappa shape index (κ3) is 3.59. The van der Waals surface area contributed by atoms with E-state index < -0.39 is 5.25 Å². The molecule has 7 nitrogen and oxygen atoms in total. The van der Waals surface area contributed by atoms with Gasteiger partial charge in [0.1, 0.15) is 22.4 Å². The molecule has 0 aliphatic heterocycles. The Morgan fingerprint density at radius 3 is 2.56 bits per heavy atom. The first-order valence-electron chi connectivity index (χ1n) is 9.89. The number of nitrogens with zero attached hydrogens (tertiary/aromatic N) is 4. The van der Waals surface area contributed by atoms with Crippen LogP contribution in [0.25, 0.3) is 39.1 Å². The van der Waals surface area contributed by atoms with E-state index in [0.717, 1.165) is 21.9 Å². The van der Waals surface area contributed by atoms with Crippen molar-refractivity contribution >= 4 is 39.3 Å². The van der Waals surface area contributed by atoms with Crippen molar-refractivity contribution in [2.24, 2.45) is 0 Å². The lowest BCUT2D eigenvalue weighted by atomic mass is 10.2. The number of aliphatic hydroxyl groups excluding tert-OH is 1. The van der Waals surface area contributed by atoms with Gasteiger partial charge in [0.15, 0.2) is 17.4 Å². The molecule has 32 heavy (non-hydrogen) atoms. The fraction of sp³-hybridized carbons (Fsp3) is 0.0833. The molecule has 0 spiro atoms. The molecule has 3 heterocycles. The van der Waals surface area contributed by atoms with Crippen molar-refractivity contribution in [3.8, 4) is 17.7 Å². The maximum Gasteiger partial charge on any atom is 0.197 e. The number of nitrogens with one attached hydrogen (secondary N) is 1. The molecule has 3 aromatic heterocycles. The number of nitriles is 1. The molecule has 1 unspecified atom stereocenters. The average Bonchev–Trinajstić information content (AvgIpc) is 3.49. The van der Waals surface area contributed by atoms with E-state index in [4.69, 9.17) is 4.42 Å². The summed E-state index contributed by atoms with van der Waals surface area (Å²) in [5.74, 6) is 1.29. The fourth-order valence-corrected chi connectivity index (χ4v) is 4.39. The highest BCUT2D eigenvalue weighted by Crippen LogP contribution is 2.34. The summed E-state index contributed by atoms with van der Waals surface area (Å²) in [4.78, 5) is 16.8. The number of fused-ring (bicyclic) bond motifs is 2. The average molecular weight is 440 g/mol. The number of rotatable bonds is 5. The lowest BCUT2D eigenvalue weighted by Crippen LogP contribution is -2.06. The third-order valence-electron chi connectivity index (χ3n) is 4.98. The Hall–Kier alpha value is -4.09. The summed E-state index contributed by atoms with van der Waals surface area (Å²) in [7, 11) is 0. The van der Waals surface area contributed by atoms with Crippen LogP contribution in [0, 0.1) is 11.3 Å². The normalized spacial score (nSPS) is 13.1. The van der Waals surface area contributed by atoms with Gasteiger partial charge >= 0.3 is 0 Å². The standard InChI is InChI=1S/C24H17N5O2S/c1-14(21(30)16(13-25)22-27-18-9-4-5-10-19(18)28-22)32-24-15-7-2-3-8-17(15)26-23(29-24)20-11-6-12-31-20/h2-12,14,30H,1H3,(H,27,28)/b21-16-. The van der Waals surface area contributed by atoms with Crippen molar-refractivity contribution in [3.63, 3.8) is 0 Å². The molecule has 0 aliphatic rings. The molecule has 2 N–H and O–H groups in total. The highest BCUT2D eigenvalue weighted by atomic mass is 32.2. The smallest absolute Gasteiger partial charge is 0.197 e. The van der Waals surface area contributed by atoms with Crippen molar-refractivity contribution in [1.82, 2.24) is 19.9 Å². The summed E-state index contributed by atoms with van der Waals surface area (Å²) >= 11 is 1.34. The first-order chi connectivity index (χ1) is 15.6. The molecule has 0 bridgehead atoms. The van der Waals surface area contributed by atoms with Crippen LogP contribution in [0.2, 0.25) is 0 Å². The fourth-order valence-electron chi connectivity index (χ4n) is 3.38. The Bertz CT molecular complexity index is 1470. The van der Waals surface area contributed by atoms with Gasteiger partial charge in [-0.1, -0.05) is 42.1 Å².